The van der Waals surface area contributed by atoms with Gasteiger partial charge in [0.05, 0.1) is 5.60 Å². The number of esters is 3. The van der Waals surface area contributed by atoms with E-state index in [0.29, 0.717) is 32.1 Å². The van der Waals surface area contributed by atoms with Gasteiger partial charge in [-0.15, -0.1) is 0 Å². The van der Waals surface area contributed by atoms with Crippen molar-refractivity contribution < 1.29 is 33.7 Å². The number of carbonyl (C=O) groups is 3. The van der Waals surface area contributed by atoms with E-state index in [1.807, 2.05) is 20.8 Å². The Morgan fingerprint density at radius 2 is 1.08 bits per heavy atom. The Balaban J connectivity index is 0. The maximum absolute atomic E-state index is 11.5. The van der Waals surface area contributed by atoms with E-state index >= 15 is 0 Å². The fraction of sp³-hybridized carbons (Fsp3) is 0.842. The lowest BCUT2D eigenvalue weighted by Gasteiger charge is -2.18. The van der Waals surface area contributed by atoms with Gasteiger partial charge in [-0.1, -0.05) is 20.8 Å². The summed E-state index contributed by atoms with van der Waals surface area (Å²) in [5, 5.41) is 8.52. The van der Waals surface area contributed by atoms with Gasteiger partial charge in [0.15, 0.2) is 6.10 Å². The Labute approximate surface area is 157 Å². The average Bonchev–Trinajstić information content (AvgIpc) is 2.49. The lowest BCUT2D eigenvalue weighted by Crippen LogP contribution is -2.30. The summed E-state index contributed by atoms with van der Waals surface area (Å²) in [6, 6.07) is 0. The zero-order valence-electron chi connectivity index (χ0n) is 17.1. The van der Waals surface area contributed by atoms with Crippen LogP contribution in [0, 0.1) is 0 Å². The number of ether oxygens (including phenoxy) is 3. The number of aliphatic hydroxyl groups is 1. The summed E-state index contributed by atoms with van der Waals surface area (Å²) in [5.74, 6) is -1.09. The van der Waals surface area contributed by atoms with E-state index < -0.39 is 11.7 Å². The molecular weight excluding hydrogens is 340 g/mol. The zero-order chi connectivity index (χ0) is 20.6. The molecule has 0 aromatic heterocycles. The minimum Gasteiger partial charge on any atom is -0.462 e. The first kappa shape index (κ1) is 26.6. The van der Waals surface area contributed by atoms with Crippen molar-refractivity contribution in [3.8, 4) is 0 Å². The highest BCUT2D eigenvalue weighted by Gasteiger charge is 2.18. The summed E-state index contributed by atoms with van der Waals surface area (Å²) in [5.41, 5.74) is -0.500. The van der Waals surface area contributed by atoms with Crippen molar-refractivity contribution in [2.45, 2.75) is 91.8 Å². The quantitative estimate of drug-likeness (QED) is 0.437. The van der Waals surface area contributed by atoms with Crippen LogP contribution in [0.2, 0.25) is 0 Å². The second kappa shape index (κ2) is 15.6. The Morgan fingerprint density at radius 1 is 0.769 bits per heavy atom. The molecule has 0 rings (SSSR count). The maximum Gasteiger partial charge on any atom is 0.306 e. The van der Waals surface area contributed by atoms with Crippen molar-refractivity contribution in [1.29, 1.82) is 0 Å². The van der Waals surface area contributed by atoms with Crippen LogP contribution < -0.4 is 0 Å². The largest absolute Gasteiger partial charge is 0.462 e. The highest BCUT2D eigenvalue weighted by Crippen LogP contribution is 2.03. The molecule has 0 atom stereocenters. The molecule has 26 heavy (non-hydrogen) atoms. The van der Waals surface area contributed by atoms with Crippen LogP contribution in [-0.4, -0.2) is 47.9 Å². The van der Waals surface area contributed by atoms with Gasteiger partial charge >= 0.3 is 17.9 Å². The minimum absolute atomic E-state index is 0.0896. The third kappa shape index (κ3) is 22.4. The first-order valence-electron chi connectivity index (χ1n) is 9.26. The van der Waals surface area contributed by atoms with Crippen LogP contribution in [0.15, 0.2) is 0 Å². The van der Waals surface area contributed by atoms with E-state index in [4.69, 9.17) is 19.3 Å². The molecule has 0 saturated heterocycles. The summed E-state index contributed by atoms with van der Waals surface area (Å²) in [7, 11) is 0. The Hall–Kier alpha value is -1.63. The van der Waals surface area contributed by atoms with Gasteiger partial charge < -0.3 is 19.3 Å². The molecular formula is C19H36O7. The molecule has 0 aromatic carbocycles. The van der Waals surface area contributed by atoms with E-state index in [1.54, 1.807) is 20.8 Å². The fourth-order valence-electron chi connectivity index (χ4n) is 1.49. The average molecular weight is 376 g/mol. The van der Waals surface area contributed by atoms with Crippen molar-refractivity contribution in [1.82, 2.24) is 0 Å². The third-order valence-electron chi connectivity index (χ3n) is 2.52. The molecule has 0 saturated carbocycles. The fourth-order valence-corrected chi connectivity index (χ4v) is 1.49. The Kier molecular flexibility index (Phi) is 16.0. The van der Waals surface area contributed by atoms with Crippen LogP contribution >= 0.6 is 0 Å². The van der Waals surface area contributed by atoms with Crippen LogP contribution in [-0.2, 0) is 28.6 Å². The van der Waals surface area contributed by atoms with Gasteiger partial charge in [-0.2, -0.15) is 0 Å². The van der Waals surface area contributed by atoms with Crippen molar-refractivity contribution in [3.63, 3.8) is 0 Å². The van der Waals surface area contributed by atoms with Gasteiger partial charge in [0, 0.05) is 19.3 Å². The van der Waals surface area contributed by atoms with Gasteiger partial charge in [0.25, 0.3) is 0 Å². The van der Waals surface area contributed by atoms with E-state index in [0.717, 1.165) is 0 Å². The summed E-state index contributed by atoms with van der Waals surface area (Å²) >= 11 is 0. The van der Waals surface area contributed by atoms with Gasteiger partial charge in [0.1, 0.15) is 13.2 Å². The molecule has 7 heteroatoms. The van der Waals surface area contributed by atoms with Crippen LogP contribution in [0.3, 0.4) is 0 Å². The van der Waals surface area contributed by atoms with Gasteiger partial charge in [0.2, 0.25) is 0 Å². The summed E-state index contributed by atoms with van der Waals surface area (Å²) in [6.07, 6.45) is 2.19. The first-order valence-corrected chi connectivity index (χ1v) is 9.26. The van der Waals surface area contributed by atoms with Crippen LogP contribution in [0.4, 0.5) is 0 Å². The molecule has 0 aliphatic rings. The van der Waals surface area contributed by atoms with Crippen LogP contribution in [0.1, 0.15) is 80.1 Å². The third-order valence-corrected chi connectivity index (χ3v) is 2.52. The molecule has 0 heterocycles. The second-order valence-corrected chi connectivity index (χ2v) is 6.90. The van der Waals surface area contributed by atoms with Crippen LogP contribution in [0.25, 0.3) is 0 Å². The minimum atomic E-state index is -0.745. The van der Waals surface area contributed by atoms with Gasteiger partial charge in [-0.05, 0) is 40.0 Å². The van der Waals surface area contributed by atoms with Crippen molar-refractivity contribution >= 4 is 17.9 Å². The molecule has 0 aliphatic carbocycles. The van der Waals surface area contributed by atoms with E-state index in [-0.39, 0.29) is 37.5 Å². The lowest BCUT2D eigenvalue weighted by atomic mass is 10.2. The predicted octanol–water partition coefficient (Wildman–Crippen LogP) is 3.16. The number of rotatable bonds is 11. The van der Waals surface area contributed by atoms with E-state index in [2.05, 4.69) is 0 Å². The van der Waals surface area contributed by atoms with Crippen molar-refractivity contribution in [3.05, 3.63) is 0 Å². The molecule has 0 radical (unpaired) electrons. The van der Waals surface area contributed by atoms with Gasteiger partial charge in [-0.3, -0.25) is 14.4 Å². The molecule has 0 amide bonds. The molecule has 0 fully saturated rings. The number of hydrogen-bond acceptors (Lipinski definition) is 7. The van der Waals surface area contributed by atoms with Gasteiger partial charge in [-0.25, -0.2) is 0 Å². The molecule has 0 bridgehead atoms. The maximum atomic E-state index is 11.5. The summed E-state index contributed by atoms with van der Waals surface area (Å²) in [6.45, 7) is 10.6. The number of hydrogen-bond donors (Lipinski definition) is 1. The first-order chi connectivity index (χ1) is 12.0. The smallest absolute Gasteiger partial charge is 0.306 e. The predicted molar refractivity (Wildman–Crippen MR) is 98.5 cm³/mol. The Morgan fingerprint density at radius 3 is 1.38 bits per heavy atom. The molecule has 0 aromatic rings. The van der Waals surface area contributed by atoms with Crippen molar-refractivity contribution in [2.75, 3.05) is 13.2 Å². The molecule has 0 spiro atoms. The topological polar surface area (TPSA) is 99.1 Å². The molecule has 0 aliphatic heterocycles. The monoisotopic (exact) mass is 376 g/mol. The Bertz CT molecular complexity index is 371. The summed E-state index contributed by atoms with van der Waals surface area (Å²) < 4.78 is 15.2. The van der Waals surface area contributed by atoms with E-state index in [1.165, 1.54) is 0 Å². The van der Waals surface area contributed by atoms with E-state index in [9.17, 15) is 14.4 Å². The van der Waals surface area contributed by atoms with Crippen molar-refractivity contribution in [2.24, 2.45) is 0 Å². The van der Waals surface area contributed by atoms with Crippen LogP contribution in [0.5, 0.6) is 0 Å². The highest BCUT2D eigenvalue weighted by atomic mass is 16.6. The molecule has 0 unspecified atom stereocenters. The molecule has 154 valence electrons. The standard InChI is InChI=1S/C15H26O6.C4H10O/c1-4-7-13(16)19-10-12(21-15(18)9-6-3)11-20-14(17)8-5-2;1-4(2,3)5/h12H,4-11H2,1-3H3;5H,1-3H3. The normalized spacial score (nSPS) is 10.6. The molecule has 1 N–H and O–H groups in total. The highest BCUT2D eigenvalue weighted by molar-refractivity contribution is 5.71. The molecule has 7 nitrogen and oxygen atoms in total. The lowest BCUT2D eigenvalue weighted by molar-refractivity contribution is -0.166. The number of carbonyl (C=O) groups excluding carboxylic acids is 3. The SMILES string of the molecule is CC(C)(C)O.CCCC(=O)OCC(COC(=O)CCC)OC(=O)CCC. The summed E-state index contributed by atoms with van der Waals surface area (Å²) in [4.78, 5) is 34.1. The second-order valence-electron chi connectivity index (χ2n) is 6.90. The zero-order valence-corrected chi connectivity index (χ0v) is 17.1.